The summed E-state index contributed by atoms with van der Waals surface area (Å²) in [6, 6.07) is 0. The number of hydrogen-bond donors (Lipinski definition) is 3. The summed E-state index contributed by atoms with van der Waals surface area (Å²) in [6.07, 6.45) is 19.2. The first kappa shape index (κ1) is 27.6. The van der Waals surface area contributed by atoms with Crippen LogP contribution in [0.25, 0.3) is 0 Å². The number of aliphatic hydroxyl groups excluding tert-OH is 3. The standard InChI is InChI=1S/C25H48O5/c1-3-4-5-6-7-8-9-10-11-12-13-14-15-16-17-18-19-29-25-21(2)23(27)24(28)22(20-26)30-25/h10-11,21-28H,3-9,12-20H2,1-2H3/b11-10-/t21?,22?,23?,24-,25+/m0/s1. The van der Waals surface area contributed by atoms with Gasteiger partial charge in [-0.05, 0) is 32.1 Å². The lowest BCUT2D eigenvalue weighted by Crippen LogP contribution is -2.55. The van der Waals surface area contributed by atoms with Gasteiger partial charge >= 0.3 is 0 Å². The minimum atomic E-state index is -1.06. The monoisotopic (exact) mass is 428 g/mol. The van der Waals surface area contributed by atoms with Gasteiger partial charge in [-0.15, -0.1) is 0 Å². The van der Waals surface area contributed by atoms with Crippen LogP contribution in [0.4, 0.5) is 0 Å². The molecule has 3 N–H and O–H groups in total. The van der Waals surface area contributed by atoms with E-state index in [9.17, 15) is 15.3 Å². The number of aliphatic hydroxyl groups is 3. The highest BCUT2D eigenvalue weighted by atomic mass is 16.7. The maximum absolute atomic E-state index is 10.0. The van der Waals surface area contributed by atoms with Crippen LogP contribution >= 0.6 is 0 Å². The third kappa shape index (κ3) is 11.8. The molecule has 30 heavy (non-hydrogen) atoms. The summed E-state index contributed by atoms with van der Waals surface area (Å²) < 4.78 is 11.3. The van der Waals surface area contributed by atoms with Crippen molar-refractivity contribution in [2.45, 2.75) is 128 Å². The fraction of sp³-hybridized carbons (Fsp3) is 0.920. The summed E-state index contributed by atoms with van der Waals surface area (Å²) in [6.45, 7) is 4.32. The predicted molar refractivity (Wildman–Crippen MR) is 122 cm³/mol. The molecule has 1 heterocycles. The third-order valence-electron chi connectivity index (χ3n) is 6.13. The van der Waals surface area contributed by atoms with Gasteiger partial charge in [0.05, 0.1) is 12.7 Å². The van der Waals surface area contributed by atoms with Gasteiger partial charge in [-0.3, -0.25) is 0 Å². The summed E-state index contributed by atoms with van der Waals surface area (Å²) in [5, 5.41) is 29.1. The minimum Gasteiger partial charge on any atom is -0.394 e. The summed E-state index contributed by atoms with van der Waals surface area (Å²) >= 11 is 0. The minimum absolute atomic E-state index is 0.308. The van der Waals surface area contributed by atoms with Gasteiger partial charge in [0.2, 0.25) is 0 Å². The molecule has 0 aromatic heterocycles. The van der Waals surface area contributed by atoms with Crippen molar-refractivity contribution in [3.63, 3.8) is 0 Å². The second-order valence-corrected chi connectivity index (χ2v) is 8.87. The van der Waals surface area contributed by atoms with Crippen LogP contribution in [0.1, 0.15) is 104 Å². The number of ether oxygens (including phenoxy) is 2. The van der Waals surface area contributed by atoms with Crippen LogP contribution < -0.4 is 0 Å². The van der Waals surface area contributed by atoms with Crippen LogP contribution in [-0.4, -0.2) is 53.1 Å². The van der Waals surface area contributed by atoms with Crippen molar-refractivity contribution in [2.75, 3.05) is 13.2 Å². The van der Waals surface area contributed by atoms with E-state index in [1.165, 1.54) is 77.0 Å². The van der Waals surface area contributed by atoms with Crippen molar-refractivity contribution in [1.82, 2.24) is 0 Å². The zero-order valence-corrected chi connectivity index (χ0v) is 19.5. The average Bonchev–Trinajstić information content (AvgIpc) is 2.75. The molecular weight excluding hydrogens is 380 g/mol. The van der Waals surface area contributed by atoms with E-state index in [1.807, 2.05) is 0 Å². The number of rotatable bonds is 18. The molecule has 0 aromatic rings. The Morgan fingerprint density at radius 1 is 0.767 bits per heavy atom. The van der Waals surface area contributed by atoms with Gasteiger partial charge in [0.1, 0.15) is 12.2 Å². The highest BCUT2D eigenvalue weighted by Gasteiger charge is 2.42. The zero-order valence-electron chi connectivity index (χ0n) is 19.5. The Hall–Kier alpha value is -0.460. The maximum Gasteiger partial charge on any atom is 0.163 e. The molecule has 0 spiro atoms. The molecule has 178 valence electrons. The Bertz CT molecular complexity index is 412. The van der Waals surface area contributed by atoms with E-state index in [-0.39, 0.29) is 12.5 Å². The molecular formula is C25H48O5. The topological polar surface area (TPSA) is 79.2 Å². The first-order valence-electron chi connectivity index (χ1n) is 12.5. The molecule has 1 aliphatic rings. The van der Waals surface area contributed by atoms with Crippen molar-refractivity contribution in [3.05, 3.63) is 12.2 Å². The number of unbranched alkanes of at least 4 members (excludes halogenated alkanes) is 12. The molecule has 1 rings (SSSR count). The maximum atomic E-state index is 10.0. The lowest BCUT2D eigenvalue weighted by molar-refractivity contribution is -0.282. The first-order valence-corrected chi connectivity index (χ1v) is 12.5. The predicted octanol–water partition coefficient (Wildman–Crippen LogP) is 5.12. The fourth-order valence-electron chi connectivity index (χ4n) is 3.96. The van der Waals surface area contributed by atoms with E-state index in [0.29, 0.717) is 6.61 Å². The van der Waals surface area contributed by atoms with Gasteiger partial charge in [0, 0.05) is 12.5 Å². The highest BCUT2D eigenvalue weighted by Crippen LogP contribution is 2.26. The molecule has 5 nitrogen and oxygen atoms in total. The van der Waals surface area contributed by atoms with Gasteiger partial charge in [0.25, 0.3) is 0 Å². The molecule has 0 aromatic carbocycles. The summed E-state index contributed by atoms with van der Waals surface area (Å²) in [4.78, 5) is 0. The zero-order chi connectivity index (χ0) is 22.0. The number of hydrogen-bond acceptors (Lipinski definition) is 5. The molecule has 3 unspecified atom stereocenters. The van der Waals surface area contributed by atoms with E-state index in [1.54, 1.807) is 6.92 Å². The summed E-state index contributed by atoms with van der Waals surface area (Å²) in [5.41, 5.74) is 0. The number of allylic oxidation sites excluding steroid dienone is 2. The van der Waals surface area contributed by atoms with Crippen LogP contribution in [0.3, 0.4) is 0 Å². The molecule has 0 amide bonds. The molecule has 1 fully saturated rings. The SMILES string of the molecule is CCCCCCCC/C=C\CCCCCCCCO[C@@H]1OC(CO)[C@H](O)C(O)C1C. The van der Waals surface area contributed by atoms with Crippen molar-refractivity contribution in [2.24, 2.45) is 5.92 Å². The molecule has 0 bridgehead atoms. The van der Waals surface area contributed by atoms with Crippen molar-refractivity contribution >= 4 is 0 Å². The van der Waals surface area contributed by atoms with Gasteiger partial charge in [-0.25, -0.2) is 0 Å². The second-order valence-electron chi connectivity index (χ2n) is 8.87. The molecule has 5 atom stereocenters. The van der Waals surface area contributed by atoms with Gasteiger partial charge in [-0.1, -0.05) is 83.8 Å². The quantitative estimate of drug-likeness (QED) is 0.209. The Morgan fingerprint density at radius 2 is 1.30 bits per heavy atom. The highest BCUT2D eigenvalue weighted by molar-refractivity contribution is 4.86. The second kappa shape index (κ2) is 18.1. The van der Waals surface area contributed by atoms with E-state index >= 15 is 0 Å². The Kier molecular flexibility index (Phi) is 16.7. The van der Waals surface area contributed by atoms with Crippen LogP contribution in [0.5, 0.6) is 0 Å². The molecule has 1 saturated heterocycles. The largest absolute Gasteiger partial charge is 0.394 e. The van der Waals surface area contributed by atoms with E-state index < -0.39 is 24.6 Å². The smallest absolute Gasteiger partial charge is 0.163 e. The van der Waals surface area contributed by atoms with Crippen LogP contribution in [-0.2, 0) is 9.47 Å². The molecule has 0 aliphatic carbocycles. The van der Waals surface area contributed by atoms with E-state index in [0.717, 1.165) is 12.8 Å². The normalized spacial score (nSPS) is 27.2. The molecule has 5 heteroatoms. The fourth-order valence-corrected chi connectivity index (χ4v) is 3.96. The van der Waals surface area contributed by atoms with E-state index in [4.69, 9.17) is 9.47 Å². The summed E-state index contributed by atoms with van der Waals surface area (Å²) in [5.74, 6) is -0.308. The third-order valence-corrected chi connectivity index (χ3v) is 6.13. The first-order chi connectivity index (χ1) is 14.6. The molecule has 0 saturated carbocycles. The molecule has 1 aliphatic heterocycles. The Morgan fingerprint density at radius 3 is 1.87 bits per heavy atom. The summed E-state index contributed by atoms with van der Waals surface area (Å²) in [7, 11) is 0. The molecule has 0 radical (unpaired) electrons. The van der Waals surface area contributed by atoms with Crippen molar-refractivity contribution < 1.29 is 24.8 Å². The van der Waals surface area contributed by atoms with Gasteiger partial charge in [-0.2, -0.15) is 0 Å². The van der Waals surface area contributed by atoms with Crippen LogP contribution in [0.2, 0.25) is 0 Å². The van der Waals surface area contributed by atoms with Crippen molar-refractivity contribution in [1.29, 1.82) is 0 Å². The van der Waals surface area contributed by atoms with Gasteiger partial charge in [0.15, 0.2) is 6.29 Å². The van der Waals surface area contributed by atoms with E-state index in [2.05, 4.69) is 19.1 Å². The Balaban J connectivity index is 1.90. The van der Waals surface area contributed by atoms with Crippen molar-refractivity contribution in [3.8, 4) is 0 Å². The van der Waals surface area contributed by atoms with Gasteiger partial charge < -0.3 is 24.8 Å². The Labute approximate surface area is 184 Å². The lowest BCUT2D eigenvalue weighted by atomic mass is 9.92. The van der Waals surface area contributed by atoms with Crippen LogP contribution in [0.15, 0.2) is 12.2 Å². The average molecular weight is 429 g/mol. The van der Waals surface area contributed by atoms with Crippen LogP contribution in [0, 0.1) is 5.92 Å². The lowest BCUT2D eigenvalue weighted by Gasteiger charge is -2.40.